The number of nitrogens with one attached hydrogen (secondary N) is 1. The number of unbranched alkanes of at least 4 members (excludes halogenated alkanes) is 1. The molecule has 27 heavy (non-hydrogen) atoms. The number of rotatable bonds is 7. The molecule has 1 N–H and O–H groups in total. The summed E-state index contributed by atoms with van der Waals surface area (Å²) in [5.74, 6) is -0.879. The lowest BCUT2D eigenvalue weighted by Crippen LogP contribution is -2.36. The number of nitrogens with zero attached hydrogens (tertiary/aromatic N) is 3. The fourth-order valence-corrected chi connectivity index (χ4v) is 2.84. The lowest BCUT2D eigenvalue weighted by Gasteiger charge is -2.11. The summed E-state index contributed by atoms with van der Waals surface area (Å²) in [6, 6.07) is 9.83. The first-order valence-corrected chi connectivity index (χ1v) is 8.99. The Morgan fingerprint density at radius 3 is 2.81 bits per heavy atom. The number of pyridine rings is 1. The van der Waals surface area contributed by atoms with Gasteiger partial charge in [0.25, 0.3) is 11.5 Å². The molecule has 0 aliphatic heterocycles. The molecule has 0 bridgehead atoms. The van der Waals surface area contributed by atoms with Crippen LogP contribution in [0, 0.1) is 5.82 Å². The topological polar surface area (TPSA) is 76.9 Å². The summed E-state index contributed by atoms with van der Waals surface area (Å²) in [6.45, 7) is 2.71. The van der Waals surface area contributed by atoms with E-state index in [1.54, 1.807) is 36.5 Å². The molecule has 2 aromatic heterocycles. The number of aromatic nitrogens is 3. The monoisotopic (exact) mass is 368 g/mol. The molecule has 0 saturated carbocycles. The summed E-state index contributed by atoms with van der Waals surface area (Å²) in [6.07, 6.45) is 3.63. The Bertz CT molecular complexity index is 1020. The zero-order valence-electron chi connectivity index (χ0n) is 15.1. The Balaban J connectivity index is 1.82. The van der Waals surface area contributed by atoms with Gasteiger partial charge in [-0.2, -0.15) is 0 Å². The van der Waals surface area contributed by atoms with Gasteiger partial charge in [0.2, 0.25) is 0 Å². The Kier molecular flexibility index (Phi) is 5.90. The van der Waals surface area contributed by atoms with Crippen molar-refractivity contribution in [2.45, 2.75) is 32.7 Å². The van der Waals surface area contributed by atoms with Crippen LogP contribution in [-0.2, 0) is 13.0 Å². The van der Waals surface area contributed by atoms with E-state index in [0.717, 1.165) is 12.8 Å². The van der Waals surface area contributed by atoms with Gasteiger partial charge in [-0.25, -0.2) is 14.4 Å². The van der Waals surface area contributed by atoms with Crippen LogP contribution in [0.1, 0.15) is 35.8 Å². The first kappa shape index (κ1) is 18.7. The van der Waals surface area contributed by atoms with Gasteiger partial charge in [-0.1, -0.05) is 31.5 Å². The highest BCUT2D eigenvalue weighted by atomic mass is 19.1. The fraction of sp³-hybridized carbons (Fsp3) is 0.300. The number of hydrogen-bond donors (Lipinski definition) is 1. The van der Waals surface area contributed by atoms with Crippen LogP contribution in [-0.4, -0.2) is 27.0 Å². The Morgan fingerprint density at radius 1 is 1.22 bits per heavy atom. The van der Waals surface area contributed by atoms with Gasteiger partial charge in [-0.3, -0.25) is 14.2 Å². The van der Waals surface area contributed by atoms with E-state index in [-0.39, 0.29) is 18.1 Å². The van der Waals surface area contributed by atoms with E-state index in [1.807, 2.05) is 6.92 Å². The maximum Gasteiger partial charge on any atom is 0.283 e. The van der Waals surface area contributed by atoms with Crippen molar-refractivity contribution >= 4 is 17.1 Å². The Morgan fingerprint density at radius 2 is 2.04 bits per heavy atom. The molecule has 0 aliphatic rings. The molecule has 0 spiro atoms. The quantitative estimate of drug-likeness (QED) is 0.696. The van der Waals surface area contributed by atoms with E-state index in [0.29, 0.717) is 29.7 Å². The highest BCUT2D eigenvalue weighted by molar-refractivity contribution is 5.93. The van der Waals surface area contributed by atoms with Crippen molar-refractivity contribution in [3.05, 3.63) is 70.0 Å². The molecule has 3 rings (SSSR count). The van der Waals surface area contributed by atoms with Crippen LogP contribution in [0.3, 0.4) is 0 Å². The summed E-state index contributed by atoms with van der Waals surface area (Å²) < 4.78 is 15.2. The molecule has 3 aromatic rings. The lowest BCUT2D eigenvalue weighted by molar-refractivity contribution is 0.0947. The summed E-state index contributed by atoms with van der Waals surface area (Å²) in [7, 11) is 0. The number of fused-ring (bicyclic) bond motifs is 1. The maximum absolute atomic E-state index is 13.7. The molecule has 2 heterocycles. The second kappa shape index (κ2) is 8.53. The third-order valence-electron chi connectivity index (χ3n) is 4.29. The second-order valence-electron chi connectivity index (χ2n) is 6.21. The van der Waals surface area contributed by atoms with Crippen molar-refractivity contribution in [3.8, 4) is 0 Å². The minimum absolute atomic E-state index is 0.167. The molecule has 0 aliphatic carbocycles. The molecule has 6 nitrogen and oxygen atoms in total. The van der Waals surface area contributed by atoms with E-state index in [2.05, 4.69) is 15.3 Å². The maximum atomic E-state index is 13.7. The van der Waals surface area contributed by atoms with Crippen LogP contribution in [0.15, 0.2) is 47.4 Å². The van der Waals surface area contributed by atoms with Crippen LogP contribution in [0.25, 0.3) is 11.2 Å². The zero-order chi connectivity index (χ0) is 19.2. The molecular formula is C20H21FN4O2. The van der Waals surface area contributed by atoms with Crippen LogP contribution in [0.2, 0.25) is 0 Å². The molecule has 1 aromatic carbocycles. The number of carbonyl (C=O) groups is 1. The summed E-state index contributed by atoms with van der Waals surface area (Å²) in [5, 5.41) is 2.66. The van der Waals surface area contributed by atoms with Crippen LogP contribution in [0.4, 0.5) is 4.39 Å². The van der Waals surface area contributed by atoms with Gasteiger partial charge >= 0.3 is 0 Å². The highest BCUT2D eigenvalue weighted by Gasteiger charge is 2.17. The zero-order valence-corrected chi connectivity index (χ0v) is 15.1. The Labute approximate surface area is 156 Å². The largest absolute Gasteiger partial charge is 0.350 e. The van der Waals surface area contributed by atoms with Gasteiger partial charge in [-0.15, -0.1) is 0 Å². The molecule has 0 fully saturated rings. The molecule has 0 saturated heterocycles. The van der Waals surface area contributed by atoms with Gasteiger partial charge in [0.05, 0.1) is 0 Å². The Hall–Kier alpha value is -3.09. The molecule has 0 radical (unpaired) electrons. The van der Waals surface area contributed by atoms with E-state index < -0.39 is 11.5 Å². The minimum atomic E-state index is -0.563. The van der Waals surface area contributed by atoms with Gasteiger partial charge in [0.15, 0.2) is 11.3 Å². The van der Waals surface area contributed by atoms with Crippen molar-refractivity contribution in [1.29, 1.82) is 0 Å². The molecule has 0 unspecified atom stereocenters. The molecule has 140 valence electrons. The fourth-order valence-electron chi connectivity index (χ4n) is 2.84. The van der Waals surface area contributed by atoms with Crippen molar-refractivity contribution < 1.29 is 9.18 Å². The van der Waals surface area contributed by atoms with Crippen LogP contribution >= 0.6 is 0 Å². The van der Waals surface area contributed by atoms with Crippen molar-refractivity contribution in [2.75, 3.05) is 6.54 Å². The normalized spacial score (nSPS) is 10.9. The molecule has 1 amide bonds. The second-order valence-corrected chi connectivity index (χ2v) is 6.21. The average molecular weight is 368 g/mol. The van der Waals surface area contributed by atoms with E-state index in [4.69, 9.17) is 0 Å². The predicted octanol–water partition coefficient (Wildman–Crippen LogP) is 2.70. The van der Waals surface area contributed by atoms with Gasteiger partial charge in [0.1, 0.15) is 11.3 Å². The summed E-state index contributed by atoms with van der Waals surface area (Å²) in [4.78, 5) is 33.7. The summed E-state index contributed by atoms with van der Waals surface area (Å²) >= 11 is 0. The van der Waals surface area contributed by atoms with Gasteiger partial charge < -0.3 is 5.32 Å². The first-order chi connectivity index (χ1) is 13.1. The average Bonchev–Trinajstić information content (AvgIpc) is 2.68. The third kappa shape index (κ3) is 4.19. The molecule has 7 heteroatoms. The lowest BCUT2D eigenvalue weighted by atomic mass is 10.1. The minimum Gasteiger partial charge on any atom is -0.350 e. The number of hydrogen-bond acceptors (Lipinski definition) is 4. The first-order valence-electron chi connectivity index (χ1n) is 8.99. The van der Waals surface area contributed by atoms with E-state index >= 15 is 0 Å². The highest BCUT2D eigenvalue weighted by Crippen LogP contribution is 2.09. The van der Waals surface area contributed by atoms with Gasteiger partial charge in [-0.05, 0) is 36.6 Å². The molecular weight excluding hydrogens is 347 g/mol. The van der Waals surface area contributed by atoms with Crippen molar-refractivity contribution in [3.63, 3.8) is 0 Å². The van der Waals surface area contributed by atoms with E-state index in [1.165, 1.54) is 10.6 Å². The smallest absolute Gasteiger partial charge is 0.283 e. The van der Waals surface area contributed by atoms with Crippen molar-refractivity contribution in [1.82, 2.24) is 19.9 Å². The number of amides is 1. The predicted molar refractivity (Wildman–Crippen MR) is 101 cm³/mol. The number of halogens is 1. The number of carbonyl (C=O) groups excluding carboxylic acids is 1. The SMILES string of the molecule is CCCCn1c(=O)c(C(=O)NCCc2ccccc2F)nc2cccnc21. The van der Waals surface area contributed by atoms with E-state index in [9.17, 15) is 14.0 Å². The third-order valence-corrected chi connectivity index (χ3v) is 4.29. The molecule has 0 atom stereocenters. The van der Waals surface area contributed by atoms with Crippen molar-refractivity contribution in [2.24, 2.45) is 0 Å². The standard InChI is InChI=1S/C20H21FN4O2/c1-2-3-13-25-18-16(9-6-11-22-18)24-17(20(25)27)19(26)23-12-10-14-7-4-5-8-15(14)21/h4-9,11H,2-3,10,12-13H2,1H3,(H,23,26). The number of benzene rings is 1. The van der Waals surface area contributed by atoms with Crippen LogP contribution < -0.4 is 10.9 Å². The number of aryl methyl sites for hydroxylation is 1. The van der Waals surface area contributed by atoms with Gasteiger partial charge in [0, 0.05) is 19.3 Å². The summed E-state index contributed by atoms with van der Waals surface area (Å²) in [5.41, 5.74) is 0.846. The van der Waals surface area contributed by atoms with Crippen LogP contribution in [0.5, 0.6) is 0 Å².